The molecule has 0 bridgehead atoms. The first kappa shape index (κ1) is 14.1. The van der Waals surface area contributed by atoms with E-state index in [9.17, 15) is 9.59 Å². The molecule has 1 saturated carbocycles. The molecule has 1 heterocycles. The monoisotopic (exact) mass is 281 g/mol. The smallest absolute Gasteiger partial charge is 0.339 e. The van der Waals surface area contributed by atoms with Gasteiger partial charge < -0.3 is 10.1 Å². The normalized spacial score (nSPS) is 14.8. The fourth-order valence-corrected chi connectivity index (χ4v) is 3.10. The highest BCUT2D eigenvalue weighted by molar-refractivity contribution is 7.10. The summed E-state index contributed by atoms with van der Waals surface area (Å²) in [5, 5.41) is 4.89. The molecule has 1 aliphatic rings. The highest BCUT2D eigenvalue weighted by Crippen LogP contribution is 2.24. The second-order valence-electron chi connectivity index (χ2n) is 4.81. The Hall–Kier alpha value is -1.36. The molecule has 1 N–H and O–H groups in total. The quantitative estimate of drug-likeness (QED) is 0.843. The Balaban J connectivity index is 2.02. The van der Waals surface area contributed by atoms with Crippen molar-refractivity contribution < 1.29 is 14.3 Å². The summed E-state index contributed by atoms with van der Waals surface area (Å²) < 4.78 is 5.04. The SMILES string of the molecule is CCOC(=O)c1c(C)csc1CC(=O)NC1CCC1. The average molecular weight is 281 g/mol. The number of hydrogen-bond donors (Lipinski definition) is 1. The molecule has 1 fully saturated rings. The van der Waals surface area contributed by atoms with Crippen molar-refractivity contribution in [2.24, 2.45) is 0 Å². The van der Waals surface area contributed by atoms with E-state index >= 15 is 0 Å². The van der Waals surface area contributed by atoms with Gasteiger partial charge in [-0.05, 0) is 44.1 Å². The van der Waals surface area contributed by atoms with E-state index in [-0.39, 0.29) is 18.3 Å². The number of aryl methyl sites for hydroxylation is 1. The molecule has 19 heavy (non-hydrogen) atoms. The fraction of sp³-hybridized carbons (Fsp3) is 0.571. The van der Waals surface area contributed by atoms with Gasteiger partial charge in [-0.2, -0.15) is 0 Å². The number of amides is 1. The lowest BCUT2D eigenvalue weighted by molar-refractivity contribution is -0.121. The van der Waals surface area contributed by atoms with Crippen LogP contribution in [0.2, 0.25) is 0 Å². The highest BCUT2D eigenvalue weighted by atomic mass is 32.1. The first-order valence-corrected chi connectivity index (χ1v) is 7.53. The number of ether oxygens (including phenoxy) is 1. The zero-order chi connectivity index (χ0) is 13.8. The molecule has 0 atom stereocenters. The third-order valence-electron chi connectivity index (χ3n) is 3.32. The number of thiophene rings is 1. The van der Waals surface area contributed by atoms with E-state index in [2.05, 4.69) is 5.32 Å². The van der Waals surface area contributed by atoms with Crippen LogP contribution in [0.15, 0.2) is 5.38 Å². The summed E-state index contributed by atoms with van der Waals surface area (Å²) in [5.74, 6) is -0.329. The van der Waals surface area contributed by atoms with Gasteiger partial charge in [0.2, 0.25) is 5.91 Å². The Morgan fingerprint density at radius 2 is 2.21 bits per heavy atom. The maximum atomic E-state index is 11.9. The number of esters is 1. The van der Waals surface area contributed by atoms with E-state index < -0.39 is 0 Å². The molecule has 4 nitrogen and oxygen atoms in total. The van der Waals surface area contributed by atoms with Gasteiger partial charge in [-0.25, -0.2) is 4.79 Å². The first-order chi connectivity index (χ1) is 9.11. The molecule has 0 unspecified atom stereocenters. The van der Waals surface area contributed by atoms with Crippen molar-refractivity contribution in [1.29, 1.82) is 0 Å². The molecular weight excluding hydrogens is 262 g/mol. The van der Waals surface area contributed by atoms with Crippen LogP contribution in [0.25, 0.3) is 0 Å². The molecule has 1 aliphatic carbocycles. The van der Waals surface area contributed by atoms with Gasteiger partial charge in [0.1, 0.15) is 0 Å². The number of rotatable bonds is 5. The molecule has 0 spiro atoms. The summed E-state index contributed by atoms with van der Waals surface area (Å²) in [5.41, 5.74) is 1.45. The van der Waals surface area contributed by atoms with Gasteiger partial charge in [0.15, 0.2) is 0 Å². The van der Waals surface area contributed by atoms with Crippen LogP contribution in [0, 0.1) is 6.92 Å². The zero-order valence-corrected chi connectivity index (χ0v) is 12.1. The van der Waals surface area contributed by atoms with E-state index in [0.29, 0.717) is 18.2 Å². The third-order valence-corrected chi connectivity index (χ3v) is 4.43. The van der Waals surface area contributed by atoms with Crippen molar-refractivity contribution in [2.75, 3.05) is 6.61 Å². The van der Waals surface area contributed by atoms with Crippen LogP contribution < -0.4 is 5.32 Å². The van der Waals surface area contributed by atoms with Crippen molar-refractivity contribution in [2.45, 2.75) is 45.6 Å². The standard InChI is InChI=1S/C14H19NO3S/c1-3-18-14(17)13-9(2)8-19-11(13)7-12(16)15-10-5-4-6-10/h8,10H,3-7H2,1-2H3,(H,15,16). The maximum absolute atomic E-state index is 11.9. The Kier molecular flexibility index (Phi) is 4.58. The van der Waals surface area contributed by atoms with E-state index in [1.54, 1.807) is 6.92 Å². The molecule has 5 heteroatoms. The van der Waals surface area contributed by atoms with Gasteiger partial charge in [-0.1, -0.05) is 0 Å². The van der Waals surface area contributed by atoms with Crippen LogP contribution in [0.3, 0.4) is 0 Å². The Bertz CT molecular complexity index is 477. The minimum atomic E-state index is -0.326. The van der Waals surface area contributed by atoms with Crippen molar-refractivity contribution in [3.05, 3.63) is 21.4 Å². The molecule has 0 aliphatic heterocycles. The summed E-state index contributed by atoms with van der Waals surface area (Å²) >= 11 is 1.45. The van der Waals surface area contributed by atoms with Crippen LogP contribution in [0.1, 0.15) is 47.0 Å². The number of carbonyl (C=O) groups is 2. The molecule has 0 saturated heterocycles. The summed E-state index contributed by atoms with van der Waals surface area (Å²) in [6, 6.07) is 0.333. The molecule has 1 amide bonds. The van der Waals surface area contributed by atoms with Gasteiger partial charge in [-0.15, -0.1) is 11.3 Å². The van der Waals surface area contributed by atoms with E-state index in [4.69, 9.17) is 4.74 Å². The first-order valence-electron chi connectivity index (χ1n) is 6.65. The molecule has 1 aromatic rings. The minimum absolute atomic E-state index is 0.00269. The van der Waals surface area contributed by atoms with E-state index in [1.165, 1.54) is 17.8 Å². The molecular formula is C14H19NO3S. The third kappa shape index (κ3) is 3.35. The number of carbonyl (C=O) groups excluding carboxylic acids is 2. The molecule has 1 aromatic heterocycles. The van der Waals surface area contributed by atoms with Gasteiger partial charge in [-0.3, -0.25) is 4.79 Å². The van der Waals surface area contributed by atoms with Crippen LogP contribution >= 0.6 is 11.3 Å². The maximum Gasteiger partial charge on any atom is 0.339 e. The fourth-order valence-electron chi connectivity index (χ4n) is 2.08. The van der Waals surface area contributed by atoms with Crippen LogP contribution in [0.4, 0.5) is 0 Å². The average Bonchev–Trinajstić information content (AvgIpc) is 2.65. The van der Waals surface area contributed by atoms with Crippen LogP contribution in [0.5, 0.6) is 0 Å². The second kappa shape index (κ2) is 6.19. The van der Waals surface area contributed by atoms with Gasteiger partial charge in [0.25, 0.3) is 0 Å². The van der Waals surface area contributed by atoms with Crippen molar-refractivity contribution in [3.8, 4) is 0 Å². The minimum Gasteiger partial charge on any atom is -0.462 e. The van der Waals surface area contributed by atoms with Crippen molar-refractivity contribution in [3.63, 3.8) is 0 Å². The van der Waals surface area contributed by atoms with Gasteiger partial charge >= 0.3 is 5.97 Å². The Morgan fingerprint density at radius 3 is 2.79 bits per heavy atom. The largest absolute Gasteiger partial charge is 0.462 e. The van der Waals surface area contributed by atoms with Gasteiger partial charge in [0, 0.05) is 10.9 Å². The van der Waals surface area contributed by atoms with Crippen molar-refractivity contribution in [1.82, 2.24) is 5.32 Å². The summed E-state index contributed by atoms with van der Waals surface area (Å²) in [6.07, 6.45) is 3.60. The summed E-state index contributed by atoms with van der Waals surface area (Å²) in [7, 11) is 0. The number of hydrogen-bond acceptors (Lipinski definition) is 4. The van der Waals surface area contributed by atoms with Gasteiger partial charge in [0.05, 0.1) is 18.6 Å². The lowest BCUT2D eigenvalue weighted by atomic mass is 9.93. The predicted molar refractivity (Wildman–Crippen MR) is 74.5 cm³/mol. The molecule has 2 rings (SSSR count). The van der Waals surface area contributed by atoms with Crippen LogP contribution in [-0.2, 0) is 16.0 Å². The predicted octanol–water partition coefficient (Wildman–Crippen LogP) is 2.44. The molecule has 0 radical (unpaired) electrons. The lowest BCUT2D eigenvalue weighted by Crippen LogP contribution is -2.40. The van der Waals surface area contributed by atoms with E-state index in [0.717, 1.165) is 23.3 Å². The topological polar surface area (TPSA) is 55.4 Å². The summed E-state index contributed by atoms with van der Waals surface area (Å²) in [4.78, 5) is 24.6. The Morgan fingerprint density at radius 1 is 1.47 bits per heavy atom. The number of nitrogens with one attached hydrogen (secondary N) is 1. The van der Waals surface area contributed by atoms with E-state index in [1.807, 2.05) is 12.3 Å². The highest BCUT2D eigenvalue weighted by Gasteiger charge is 2.23. The van der Waals surface area contributed by atoms with Crippen molar-refractivity contribution >= 4 is 23.2 Å². The summed E-state index contributed by atoms with van der Waals surface area (Å²) in [6.45, 7) is 4.00. The lowest BCUT2D eigenvalue weighted by Gasteiger charge is -2.26. The molecule has 0 aromatic carbocycles. The Labute approximate surface area is 117 Å². The molecule has 104 valence electrons. The second-order valence-corrected chi connectivity index (χ2v) is 5.77. The van der Waals surface area contributed by atoms with Crippen LogP contribution in [-0.4, -0.2) is 24.5 Å². The zero-order valence-electron chi connectivity index (χ0n) is 11.3.